The van der Waals surface area contributed by atoms with Gasteiger partial charge in [0.15, 0.2) is 6.29 Å². The fourth-order valence-corrected chi connectivity index (χ4v) is 5.36. The summed E-state index contributed by atoms with van der Waals surface area (Å²) < 4.78 is 10.8. The number of carboxylic acids is 1. The minimum Gasteiger partial charge on any atom is -0.478 e. The lowest BCUT2D eigenvalue weighted by atomic mass is 9.91. The van der Waals surface area contributed by atoms with Gasteiger partial charge in [0.2, 0.25) is 0 Å². The van der Waals surface area contributed by atoms with Crippen LogP contribution in [0.25, 0.3) is 0 Å². The van der Waals surface area contributed by atoms with Gasteiger partial charge in [-0.15, -0.1) is 11.8 Å². The summed E-state index contributed by atoms with van der Waals surface area (Å²) in [4.78, 5) is 24.3. The molecule has 4 unspecified atom stereocenters. The van der Waals surface area contributed by atoms with E-state index in [-0.39, 0.29) is 30.3 Å². The van der Waals surface area contributed by atoms with Gasteiger partial charge in [-0.05, 0) is 47.5 Å². The maximum atomic E-state index is 12.2. The van der Waals surface area contributed by atoms with Gasteiger partial charge in [0.05, 0.1) is 24.4 Å². The molecule has 3 N–H and O–H groups in total. The highest BCUT2D eigenvalue weighted by Gasteiger charge is 2.38. The van der Waals surface area contributed by atoms with E-state index in [1.807, 2.05) is 30.3 Å². The van der Waals surface area contributed by atoms with Crippen LogP contribution in [0.2, 0.25) is 0 Å². The van der Waals surface area contributed by atoms with Crippen LogP contribution < -0.4 is 5.32 Å². The van der Waals surface area contributed by atoms with E-state index in [1.54, 1.807) is 54.2 Å². The lowest BCUT2D eigenvalue weighted by Gasteiger charge is -2.41. The highest BCUT2D eigenvalue weighted by Crippen LogP contribution is 2.43. The third kappa shape index (κ3) is 7.67. The van der Waals surface area contributed by atoms with Crippen LogP contribution in [0.4, 0.5) is 5.69 Å². The first kappa shape index (κ1) is 29.7. The molecule has 1 amide bonds. The molecule has 39 heavy (non-hydrogen) atoms. The number of aliphatic hydroxyl groups excluding tert-OH is 1. The van der Waals surface area contributed by atoms with Gasteiger partial charge in [0, 0.05) is 27.8 Å². The van der Waals surface area contributed by atoms with Crippen LogP contribution in [0.1, 0.15) is 46.4 Å². The van der Waals surface area contributed by atoms with Crippen LogP contribution in [0.5, 0.6) is 0 Å². The molecule has 7 nitrogen and oxygen atoms in total. The summed E-state index contributed by atoms with van der Waals surface area (Å²) in [6, 6.07) is 21.2. The maximum Gasteiger partial charge on any atom is 0.335 e. The number of aromatic carboxylic acids is 1. The molecule has 0 spiro atoms. The predicted molar refractivity (Wildman–Crippen MR) is 152 cm³/mol. The number of anilines is 1. The first-order chi connectivity index (χ1) is 18.5. The number of hydrogen-bond acceptors (Lipinski definition) is 6. The number of hydrogen-bond donors (Lipinski definition) is 3. The van der Waals surface area contributed by atoms with Crippen molar-refractivity contribution < 1.29 is 29.3 Å². The second kappa shape index (κ2) is 12.9. The number of aliphatic hydroxyl groups is 1. The highest BCUT2D eigenvalue weighted by atomic mass is 35.6. The topological polar surface area (TPSA) is 105 Å². The molecule has 4 rings (SSSR count). The van der Waals surface area contributed by atoms with Gasteiger partial charge in [-0.25, -0.2) is 4.79 Å². The van der Waals surface area contributed by atoms with E-state index in [1.165, 1.54) is 0 Å². The van der Waals surface area contributed by atoms with E-state index in [0.717, 1.165) is 16.0 Å². The minimum atomic E-state index is -2.11. The van der Waals surface area contributed by atoms with E-state index >= 15 is 0 Å². The van der Waals surface area contributed by atoms with E-state index in [4.69, 9.17) is 49.4 Å². The van der Waals surface area contributed by atoms with E-state index in [0.29, 0.717) is 17.0 Å². The van der Waals surface area contributed by atoms with E-state index in [9.17, 15) is 14.7 Å². The largest absolute Gasteiger partial charge is 0.478 e. The first-order valence-corrected chi connectivity index (χ1v) is 14.1. The molecular formula is C28H26Cl3NO6S. The third-order valence-electron chi connectivity index (χ3n) is 6.31. The summed E-state index contributed by atoms with van der Waals surface area (Å²) in [6.45, 7) is 2.00. The van der Waals surface area contributed by atoms with Crippen LogP contribution >= 0.6 is 46.6 Å². The van der Waals surface area contributed by atoms with Crippen LogP contribution in [0, 0.1) is 5.92 Å². The average molecular weight is 611 g/mol. The number of thioether (sulfide) groups is 1. The highest BCUT2D eigenvalue weighted by molar-refractivity contribution is 7.99. The lowest BCUT2D eigenvalue weighted by Crippen LogP contribution is -2.38. The zero-order valence-corrected chi connectivity index (χ0v) is 23.8. The normalized spacial score (nSPS) is 21.4. The van der Waals surface area contributed by atoms with Gasteiger partial charge in [-0.2, -0.15) is 0 Å². The van der Waals surface area contributed by atoms with Crippen molar-refractivity contribution >= 4 is 64.1 Å². The van der Waals surface area contributed by atoms with Crippen molar-refractivity contribution in [3.8, 4) is 0 Å². The molecule has 1 saturated heterocycles. The molecule has 3 aromatic rings. The molecule has 0 bridgehead atoms. The van der Waals surface area contributed by atoms with E-state index < -0.39 is 22.0 Å². The quantitative estimate of drug-likeness (QED) is 0.191. The molecular weight excluding hydrogens is 585 g/mol. The average Bonchev–Trinajstić information content (AvgIpc) is 2.92. The second-order valence-corrected chi connectivity index (χ2v) is 12.4. The van der Waals surface area contributed by atoms with Crippen LogP contribution in [0.3, 0.4) is 0 Å². The number of carbonyl (C=O) groups is 2. The number of ether oxygens (including phenoxy) is 2. The number of alkyl halides is 3. The van der Waals surface area contributed by atoms with Crippen molar-refractivity contribution in [1.29, 1.82) is 0 Å². The number of rotatable bonds is 8. The molecule has 0 aromatic heterocycles. The summed E-state index contributed by atoms with van der Waals surface area (Å²) in [5.74, 6) is -1.21. The zero-order chi connectivity index (χ0) is 28.2. The smallest absolute Gasteiger partial charge is 0.335 e. The van der Waals surface area contributed by atoms with Crippen molar-refractivity contribution in [2.24, 2.45) is 5.92 Å². The molecule has 206 valence electrons. The fourth-order valence-electron chi connectivity index (χ4n) is 4.15. The van der Waals surface area contributed by atoms with Crippen molar-refractivity contribution in [1.82, 2.24) is 0 Å². The number of halogens is 3. The predicted octanol–water partition coefficient (Wildman–Crippen LogP) is 6.77. The Morgan fingerprint density at radius 2 is 1.67 bits per heavy atom. The van der Waals surface area contributed by atoms with Crippen molar-refractivity contribution in [2.45, 2.75) is 40.7 Å². The van der Waals surface area contributed by atoms with E-state index in [2.05, 4.69) is 12.2 Å². The third-order valence-corrected chi connectivity index (χ3v) is 7.93. The van der Waals surface area contributed by atoms with Crippen LogP contribution in [0.15, 0.2) is 77.7 Å². The minimum absolute atomic E-state index is 0.0423. The monoisotopic (exact) mass is 609 g/mol. The Bertz CT molecular complexity index is 1300. The molecule has 0 aliphatic carbocycles. The summed E-state index contributed by atoms with van der Waals surface area (Å²) in [6.07, 6.45) is -1.32. The Morgan fingerprint density at radius 1 is 0.974 bits per heavy atom. The Labute approximate surface area is 245 Å². The van der Waals surface area contributed by atoms with Gasteiger partial charge in [0.1, 0.15) is 0 Å². The summed E-state index contributed by atoms with van der Waals surface area (Å²) >= 11 is 18.7. The molecule has 0 saturated carbocycles. The molecule has 11 heteroatoms. The molecule has 4 atom stereocenters. The fraction of sp³-hybridized carbons (Fsp3) is 0.286. The zero-order valence-electron chi connectivity index (χ0n) is 20.7. The molecule has 1 fully saturated rings. The van der Waals surface area contributed by atoms with Gasteiger partial charge < -0.3 is 25.0 Å². The summed E-state index contributed by atoms with van der Waals surface area (Å²) in [7, 11) is 0. The number of carboxylic acid groups (broad SMARTS) is 1. The maximum absolute atomic E-state index is 12.2. The van der Waals surface area contributed by atoms with Gasteiger partial charge in [0.25, 0.3) is 9.70 Å². The molecule has 1 heterocycles. The molecule has 3 aromatic carbocycles. The Balaban J connectivity index is 1.58. The molecule has 0 radical (unpaired) electrons. The molecule has 1 aliphatic heterocycles. The lowest BCUT2D eigenvalue weighted by molar-refractivity contribution is -0.268. The van der Waals surface area contributed by atoms with Crippen molar-refractivity contribution in [2.75, 3.05) is 11.1 Å². The number of nitrogens with one attached hydrogen (secondary N) is 1. The summed E-state index contributed by atoms with van der Waals surface area (Å²) in [5.41, 5.74) is 3.05. The number of carbonyl (C=O) groups excluding carboxylic acids is 1. The van der Waals surface area contributed by atoms with Crippen LogP contribution in [-0.4, -0.2) is 37.7 Å². The van der Waals surface area contributed by atoms with Crippen molar-refractivity contribution in [3.63, 3.8) is 0 Å². The van der Waals surface area contributed by atoms with Gasteiger partial charge >= 0.3 is 5.97 Å². The molecule has 1 aliphatic rings. The van der Waals surface area contributed by atoms with Gasteiger partial charge in [-0.1, -0.05) is 78.1 Å². The number of amides is 1. The van der Waals surface area contributed by atoms with Crippen molar-refractivity contribution in [3.05, 3.63) is 95.1 Å². The first-order valence-electron chi connectivity index (χ1n) is 12.0. The summed E-state index contributed by atoms with van der Waals surface area (Å²) in [5, 5.41) is 21.2. The van der Waals surface area contributed by atoms with Gasteiger partial charge in [-0.3, -0.25) is 4.79 Å². The Morgan fingerprint density at radius 3 is 2.28 bits per heavy atom. The Kier molecular flexibility index (Phi) is 9.82. The Hall–Kier alpha value is -2.30. The standard InChI is InChI=1S/C28H26Cl3NO6S/c1-16-23(15-39-22-11-9-19(10-12-22)25(34)35)37-26(38-24(16)18-7-5-17(14-33)6-8-18)20-3-2-4-21(13-20)32-27(36)28(29,30)31/h2-13,16,23-24,26,33H,14-15H2,1H3,(H,32,36)(H,34,35). The number of benzene rings is 3. The second-order valence-electron chi connectivity index (χ2n) is 9.04. The SMILES string of the molecule is CC1C(CSc2ccc(C(=O)O)cc2)OC(c2cccc(NC(=O)C(Cl)(Cl)Cl)c2)OC1c1ccc(CO)cc1. The van der Waals surface area contributed by atoms with Crippen LogP contribution in [-0.2, 0) is 20.9 Å².